The Balaban J connectivity index is 1.49. The lowest BCUT2D eigenvalue weighted by atomic mass is 10.1. The lowest BCUT2D eigenvalue weighted by Gasteiger charge is -2.26. The summed E-state index contributed by atoms with van der Waals surface area (Å²) in [5.41, 5.74) is 3.39. The molecule has 2 heterocycles. The lowest BCUT2D eigenvalue weighted by Crippen LogP contribution is -2.30. The maximum Gasteiger partial charge on any atom is 0.161 e. The van der Waals surface area contributed by atoms with Crippen molar-refractivity contribution in [2.75, 3.05) is 26.8 Å². The summed E-state index contributed by atoms with van der Waals surface area (Å²) in [7, 11) is 1.68. The number of imidazole rings is 1. The highest BCUT2D eigenvalue weighted by molar-refractivity contribution is 5.75. The molecule has 1 aromatic heterocycles. The predicted molar refractivity (Wildman–Crippen MR) is 121 cm³/mol. The zero-order valence-electron chi connectivity index (χ0n) is 17.8. The summed E-state index contributed by atoms with van der Waals surface area (Å²) in [6.45, 7) is 8.33. The van der Waals surface area contributed by atoms with Crippen molar-refractivity contribution in [3.8, 4) is 11.5 Å². The molecule has 0 bridgehead atoms. The smallest absolute Gasteiger partial charge is 0.161 e. The number of nitrogens with zero attached hydrogens (tertiary/aromatic N) is 3. The molecule has 0 atom stereocenters. The fraction of sp³-hybridized carbons (Fsp3) is 0.400. The summed E-state index contributed by atoms with van der Waals surface area (Å²) in [4.78, 5) is 7.45. The van der Waals surface area contributed by atoms with Crippen LogP contribution in [-0.2, 0) is 19.5 Å². The van der Waals surface area contributed by atoms with Crippen LogP contribution in [0.2, 0.25) is 0 Å². The molecule has 0 radical (unpaired) electrons. The maximum atomic E-state index is 6.12. The Labute approximate surface area is 178 Å². The molecule has 0 aliphatic carbocycles. The van der Waals surface area contributed by atoms with Gasteiger partial charge in [0.1, 0.15) is 12.4 Å². The second kappa shape index (κ2) is 9.81. The number of likely N-dealkylation sites (tertiary alicyclic amines) is 1. The van der Waals surface area contributed by atoms with Gasteiger partial charge in [-0.1, -0.05) is 30.7 Å². The van der Waals surface area contributed by atoms with Crippen LogP contribution in [0.3, 0.4) is 0 Å². The van der Waals surface area contributed by atoms with Gasteiger partial charge >= 0.3 is 0 Å². The van der Waals surface area contributed by atoms with Crippen molar-refractivity contribution in [1.82, 2.24) is 14.5 Å². The number of ether oxygens (including phenoxy) is 2. The molecule has 1 saturated heterocycles. The molecule has 0 spiro atoms. The van der Waals surface area contributed by atoms with Gasteiger partial charge in [-0.15, -0.1) is 6.58 Å². The molecule has 0 unspecified atom stereocenters. The highest BCUT2D eigenvalue weighted by atomic mass is 16.5. The van der Waals surface area contributed by atoms with E-state index in [1.807, 2.05) is 18.2 Å². The second-order valence-electron chi connectivity index (χ2n) is 7.83. The van der Waals surface area contributed by atoms with Crippen LogP contribution in [0.15, 0.2) is 55.1 Å². The summed E-state index contributed by atoms with van der Waals surface area (Å²) < 4.78 is 14.0. The topological polar surface area (TPSA) is 39.5 Å². The van der Waals surface area contributed by atoms with Crippen LogP contribution < -0.4 is 9.47 Å². The molecule has 4 rings (SSSR count). The van der Waals surface area contributed by atoms with E-state index in [1.54, 1.807) is 7.11 Å². The number of piperidine rings is 1. The van der Waals surface area contributed by atoms with Crippen LogP contribution in [0.4, 0.5) is 0 Å². The molecule has 30 heavy (non-hydrogen) atoms. The molecule has 1 aliphatic heterocycles. The number of para-hydroxylation sites is 2. The number of allylic oxidation sites excluding steroid dienone is 1. The minimum atomic E-state index is 0.560. The van der Waals surface area contributed by atoms with Crippen LogP contribution in [-0.4, -0.2) is 41.3 Å². The van der Waals surface area contributed by atoms with E-state index in [0.717, 1.165) is 55.4 Å². The number of rotatable bonds is 9. The first-order chi connectivity index (χ1) is 14.8. The minimum Gasteiger partial charge on any atom is -0.493 e. The number of hydrogen-bond donors (Lipinski definition) is 0. The van der Waals surface area contributed by atoms with Crippen molar-refractivity contribution < 1.29 is 9.47 Å². The normalized spacial score (nSPS) is 14.7. The molecule has 0 N–H and O–H groups in total. The molecular formula is C25H31N3O2. The average Bonchev–Trinajstić information content (AvgIpc) is 3.12. The van der Waals surface area contributed by atoms with Gasteiger partial charge in [0.05, 0.1) is 31.2 Å². The Bertz CT molecular complexity index is 989. The largest absolute Gasteiger partial charge is 0.493 e. The third-order valence-electron chi connectivity index (χ3n) is 5.73. The molecule has 158 valence electrons. The Kier molecular flexibility index (Phi) is 6.70. The quantitative estimate of drug-likeness (QED) is 0.478. The lowest BCUT2D eigenvalue weighted by molar-refractivity contribution is 0.211. The van der Waals surface area contributed by atoms with Gasteiger partial charge in [-0.3, -0.25) is 4.90 Å². The SMILES string of the molecule is C=CCc1ccc(OCCn2c(CN3CCCCC3)nc3ccccc32)c(OC)c1. The van der Waals surface area contributed by atoms with E-state index in [-0.39, 0.29) is 0 Å². The summed E-state index contributed by atoms with van der Waals surface area (Å²) in [5, 5.41) is 0. The zero-order valence-corrected chi connectivity index (χ0v) is 17.8. The molecule has 1 aliphatic rings. The van der Waals surface area contributed by atoms with Crippen molar-refractivity contribution >= 4 is 11.0 Å². The molecule has 1 fully saturated rings. The van der Waals surface area contributed by atoms with E-state index in [0.29, 0.717) is 6.61 Å². The summed E-state index contributed by atoms with van der Waals surface area (Å²) in [6.07, 6.45) is 6.62. The summed E-state index contributed by atoms with van der Waals surface area (Å²) >= 11 is 0. The number of benzene rings is 2. The highest BCUT2D eigenvalue weighted by Gasteiger charge is 2.16. The standard InChI is InChI=1S/C25H31N3O2/c1-3-9-20-12-13-23(24(18-20)29-2)30-17-16-28-22-11-6-5-10-21(22)26-25(28)19-27-14-7-4-8-15-27/h3,5-6,10-13,18H,1,4,7-9,14-17,19H2,2H3. The number of aromatic nitrogens is 2. The Morgan fingerprint density at radius 2 is 1.90 bits per heavy atom. The van der Waals surface area contributed by atoms with Gasteiger partial charge in [-0.2, -0.15) is 0 Å². The van der Waals surface area contributed by atoms with E-state index >= 15 is 0 Å². The van der Waals surface area contributed by atoms with Gasteiger partial charge in [0, 0.05) is 0 Å². The van der Waals surface area contributed by atoms with E-state index in [4.69, 9.17) is 14.5 Å². The van der Waals surface area contributed by atoms with Crippen molar-refractivity contribution in [3.05, 3.63) is 66.5 Å². The van der Waals surface area contributed by atoms with Crippen molar-refractivity contribution in [2.24, 2.45) is 0 Å². The van der Waals surface area contributed by atoms with Gasteiger partial charge in [0.25, 0.3) is 0 Å². The van der Waals surface area contributed by atoms with E-state index in [9.17, 15) is 0 Å². The first-order valence-corrected chi connectivity index (χ1v) is 10.9. The van der Waals surface area contributed by atoms with E-state index in [1.165, 1.54) is 30.3 Å². The fourth-order valence-corrected chi connectivity index (χ4v) is 4.18. The van der Waals surface area contributed by atoms with Crippen LogP contribution in [0.5, 0.6) is 11.5 Å². The van der Waals surface area contributed by atoms with Gasteiger partial charge in [0.2, 0.25) is 0 Å². The van der Waals surface area contributed by atoms with E-state index < -0.39 is 0 Å². The van der Waals surface area contributed by atoms with Crippen molar-refractivity contribution in [2.45, 2.75) is 38.8 Å². The molecule has 3 aromatic rings. The zero-order chi connectivity index (χ0) is 20.8. The van der Waals surface area contributed by atoms with Crippen LogP contribution in [0.25, 0.3) is 11.0 Å². The summed E-state index contributed by atoms with van der Waals surface area (Å²) in [5.74, 6) is 2.65. The van der Waals surface area contributed by atoms with Crippen molar-refractivity contribution in [3.63, 3.8) is 0 Å². The molecule has 0 saturated carbocycles. The number of hydrogen-bond acceptors (Lipinski definition) is 4. The minimum absolute atomic E-state index is 0.560. The van der Waals surface area contributed by atoms with Crippen LogP contribution in [0, 0.1) is 0 Å². The van der Waals surface area contributed by atoms with Gasteiger partial charge in [-0.05, 0) is 62.2 Å². The predicted octanol–water partition coefficient (Wildman–Crippen LogP) is 4.84. The molecule has 5 nitrogen and oxygen atoms in total. The first kappa shape index (κ1) is 20.5. The van der Waals surface area contributed by atoms with Gasteiger partial charge in [-0.25, -0.2) is 4.98 Å². The Morgan fingerprint density at radius 1 is 1.07 bits per heavy atom. The Morgan fingerprint density at radius 3 is 2.70 bits per heavy atom. The molecule has 5 heteroatoms. The van der Waals surface area contributed by atoms with Gasteiger partial charge in [0.15, 0.2) is 11.5 Å². The maximum absolute atomic E-state index is 6.12. The number of fused-ring (bicyclic) bond motifs is 1. The van der Waals surface area contributed by atoms with E-state index in [2.05, 4.69) is 46.4 Å². The Hall–Kier alpha value is -2.79. The van der Waals surface area contributed by atoms with Crippen molar-refractivity contribution in [1.29, 1.82) is 0 Å². The molecule has 2 aromatic carbocycles. The average molecular weight is 406 g/mol. The molecular weight excluding hydrogens is 374 g/mol. The number of methoxy groups -OCH3 is 1. The monoisotopic (exact) mass is 405 g/mol. The van der Waals surface area contributed by atoms with Crippen LogP contribution >= 0.6 is 0 Å². The highest BCUT2D eigenvalue weighted by Crippen LogP contribution is 2.28. The molecule has 0 amide bonds. The second-order valence-corrected chi connectivity index (χ2v) is 7.83. The van der Waals surface area contributed by atoms with Crippen LogP contribution in [0.1, 0.15) is 30.7 Å². The summed E-state index contributed by atoms with van der Waals surface area (Å²) in [6, 6.07) is 14.4. The fourth-order valence-electron chi connectivity index (χ4n) is 4.18. The first-order valence-electron chi connectivity index (χ1n) is 10.9. The van der Waals surface area contributed by atoms with Gasteiger partial charge < -0.3 is 14.0 Å². The third kappa shape index (κ3) is 4.68. The third-order valence-corrected chi connectivity index (χ3v) is 5.73.